The summed E-state index contributed by atoms with van der Waals surface area (Å²) in [5, 5.41) is 0. The number of nitrogens with zero attached hydrogens (tertiary/aromatic N) is 1. The van der Waals surface area contributed by atoms with Crippen molar-refractivity contribution >= 4 is 5.78 Å². The molecule has 1 aromatic heterocycles. The van der Waals surface area contributed by atoms with Crippen LogP contribution in [0.15, 0.2) is 42.6 Å². The normalized spacial score (nSPS) is 10.1. The summed E-state index contributed by atoms with van der Waals surface area (Å²) >= 11 is 0. The molecule has 0 aliphatic heterocycles. The Balaban J connectivity index is 2.18. The Labute approximate surface area is 106 Å². The van der Waals surface area contributed by atoms with Crippen molar-refractivity contribution in [3.63, 3.8) is 0 Å². The number of Topliss-reactive ketones (excluding diaryl/α,β-unsaturated/α-hetero) is 1. The molecule has 92 valence electrons. The number of carbonyl (C=O) groups is 1. The second-order valence-electron chi connectivity index (χ2n) is 4.19. The van der Waals surface area contributed by atoms with E-state index in [0.717, 1.165) is 11.1 Å². The molecule has 0 radical (unpaired) electrons. The van der Waals surface area contributed by atoms with Crippen LogP contribution in [0.3, 0.4) is 0 Å². The maximum Gasteiger partial charge on any atom is 0.181 e. The zero-order chi connectivity index (χ0) is 13.0. The van der Waals surface area contributed by atoms with Crippen LogP contribution < -0.4 is 4.74 Å². The van der Waals surface area contributed by atoms with Crippen molar-refractivity contribution in [2.45, 2.75) is 20.5 Å². The molecule has 1 heterocycles. The van der Waals surface area contributed by atoms with E-state index in [-0.39, 0.29) is 5.78 Å². The van der Waals surface area contributed by atoms with Gasteiger partial charge in [0.15, 0.2) is 5.78 Å². The molecule has 0 saturated heterocycles. The Morgan fingerprint density at radius 2 is 2.00 bits per heavy atom. The molecule has 0 saturated carbocycles. The van der Waals surface area contributed by atoms with Crippen LogP contribution in [-0.4, -0.2) is 10.8 Å². The van der Waals surface area contributed by atoms with Gasteiger partial charge in [-0.05, 0) is 24.1 Å². The molecule has 0 aliphatic carbocycles. The van der Waals surface area contributed by atoms with Crippen LogP contribution >= 0.6 is 0 Å². The number of carbonyl (C=O) groups excluding carboxylic acids is 1. The third-order valence-electron chi connectivity index (χ3n) is 2.56. The zero-order valence-electron chi connectivity index (χ0n) is 10.5. The fraction of sp³-hybridized carbons (Fsp3) is 0.200. The van der Waals surface area contributed by atoms with Gasteiger partial charge in [-0.25, -0.2) is 4.98 Å². The molecule has 18 heavy (non-hydrogen) atoms. The molecule has 0 atom stereocenters. The molecular weight excluding hydrogens is 226 g/mol. The second-order valence-corrected chi connectivity index (χ2v) is 4.19. The fourth-order valence-corrected chi connectivity index (χ4v) is 1.65. The lowest BCUT2D eigenvalue weighted by molar-refractivity contribution is 0.100. The number of ether oxygens (including phenoxy) is 1. The number of aromatic nitrogens is 1. The van der Waals surface area contributed by atoms with E-state index in [0.29, 0.717) is 18.1 Å². The van der Waals surface area contributed by atoms with E-state index in [2.05, 4.69) is 4.98 Å². The molecule has 2 rings (SSSR count). The van der Waals surface area contributed by atoms with Gasteiger partial charge in [0.05, 0.1) is 0 Å². The maximum absolute atomic E-state index is 11.4. The smallest absolute Gasteiger partial charge is 0.181 e. The highest BCUT2D eigenvalue weighted by Gasteiger charge is 2.10. The van der Waals surface area contributed by atoms with Gasteiger partial charge in [0.25, 0.3) is 0 Å². The van der Waals surface area contributed by atoms with Gasteiger partial charge in [-0.2, -0.15) is 0 Å². The first-order valence-corrected chi connectivity index (χ1v) is 5.81. The predicted octanol–water partition coefficient (Wildman–Crippen LogP) is 3.17. The predicted molar refractivity (Wildman–Crippen MR) is 69.8 cm³/mol. The molecule has 0 amide bonds. The molecule has 0 unspecified atom stereocenters. The quantitative estimate of drug-likeness (QED) is 0.772. The standard InChI is InChI=1S/C15H15NO2/c1-11-8-14(15(12(2)17)16-9-11)18-10-13-6-4-3-5-7-13/h3-9H,10H2,1-2H3. The lowest BCUT2D eigenvalue weighted by atomic mass is 10.2. The molecule has 2 aromatic rings. The second kappa shape index (κ2) is 5.45. The van der Waals surface area contributed by atoms with Gasteiger partial charge in [0.2, 0.25) is 0 Å². The molecular formula is C15H15NO2. The van der Waals surface area contributed by atoms with Crippen LogP contribution in [0.4, 0.5) is 0 Å². The van der Waals surface area contributed by atoms with Crippen molar-refractivity contribution in [1.29, 1.82) is 0 Å². The van der Waals surface area contributed by atoms with Gasteiger partial charge in [-0.1, -0.05) is 30.3 Å². The highest BCUT2D eigenvalue weighted by Crippen LogP contribution is 2.19. The Hall–Kier alpha value is -2.16. The number of ketones is 1. The number of aryl methyl sites for hydroxylation is 1. The van der Waals surface area contributed by atoms with E-state index in [4.69, 9.17) is 4.74 Å². The number of hydrogen-bond acceptors (Lipinski definition) is 3. The van der Waals surface area contributed by atoms with Gasteiger partial charge in [0.1, 0.15) is 18.1 Å². The highest BCUT2D eigenvalue weighted by atomic mass is 16.5. The van der Waals surface area contributed by atoms with Crippen molar-refractivity contribution in [2.24, 2.45) is 0 Å². The number of pyridine rings is 1. The monoisotopic (exact) mass is 241 g/mol. The van der Waals surface area contributed by atoms with Gasteiger partial charge in [-0.15, -0.1) is 0 Å². The molecule has 0 fully saturated rings. The molecule has 1 aromatic carbocycles. The van der Waals surface area contributed by atoms with E-state index < -0.39 is 0 Å². The molecule has 0 N–H and O–H groups in total. The summed E-state index contributed by atoms with van der Waals surface area (Å²) in [6.07, 6.45) is 1.67. The average molecular weight is 241 g/mol. The Morgan fingerprint density at radius 3 is 2.67 bits per heavy atom. The van der Waals surface area contributed by atoms with E-state index >= 15 is 0 Å². The van der Waals surface area contributed by atoms with Crippen molar-refractivity contribution in [3.05, 3.63) is 59.4 Å². The third kappa shape index (κ3) is 2.94. The van der Waals surface area contributed by atoms with Gasteiger partial charge in [-0.3, -0.25) is 4.79 Å². The van der Waals surface area contributed by atoms with Gasteiger partial charge < -0.3 is 4.74 Å². The first-order valence-electron chi connectivity index (χ1n) is 5.81. The summed E-state index contributed by atoms with van der Waals surface area (Å²) in [5.41, 5.74) is 2.42. The van der Waals surface area contributed by atoms with Crippen LogP contribution in [0.1, 0.15) is 28.5 Å². The number of benzene rings is 1. The first-order chi connectivity index (χ1) is 8.66. The summed E-state index contributed by atoms with van der Waals surface area (Å²) in [5.74, 6) is 0.462. The van der Waals surface area contributed by atoms with Crippen molar-refractivity contribution < 1.29 is 9.53 Å². The summed E-state index contributed by atoms with van der Waals surface area (Å²) in [7, 11) is 0. The average Bonchev–Trinajstić information content (AvgIpc) is 2.37. The van der Waals surface area contributed by atoms with Crippen molar-refractivity contribution in [2.75, 3.05) is 0 Å². The summed E-state index contributed by atoms with van der Waals surface area (Å²) in [6, 6.07) is 11.7. The lowest BCUT2D eigenvalue weighted by Crippen LogP contribution is -2.04. The SMILES string of the molecule is CC(=O)c1ncc(C)cc1OCc1ccccc1. The Kier molecular flexibility index (Phi) is 3.72. The minimum Gasteiger partial charge on any atom is -0.486 e. The maximum atomic E-state index is 11.4. The topological polar surface area (TPSA) is 39.2 Å². The highest BCUT2D eigenvalue weighted by molar-refractivity contribution is 5.94. The third-order valence-corrected chi connectivity index (χ3v) is 2.56. The molecule has 0 aliphatic rings. The zero-order valence-corrected chi connectivity index (χ0v) is 10.5. The minimum absolute atomic E-state index is 0.0851. The Bertz CT molecular complexity index is 550. The molecule has 3 nitrogen and oxygen atoms in total. The number of rotatable bonds is 4. The molecule has 0 spiro atoms. The van der Waals surface area contributed by atoms with E-state index in [9.17, 15) is 4.79 Å². The van der Waals surface area contributed by atoms with Crippen LogP contribution in [0.25, 0.3) is 0 Å². The van der Waals surface area contributed by atoms with Crippen molar-refractivity contribution in [3.8, 4) is 5.75 Å². The van der Waals surface area contributed by atoms with Crippen LogP contribution in [0.2, 0.25) is 0 Å². The molecule has 3 heteroatoms. The lowest BCUT2D eigenvalue weighted by Gasteiger charge is -2.09. The summed E-state index contributed by atoms with van der Waals surface area (Å²) in [6.45, 7) is 3.85. The summed E-state index contributed by atoms with van der Waals surface area (Å²) < 4.78 is 5.68. The van der Waals surface area contributed by atoms with Crippen LogP contribution in [-0.2, 0) is 6.61 Å². The van der Waals surface area contributed by atoms with E-state index in [1.165, 1.54) is 6.92 Å². The van der Waals surface area contributed by atoms with Crippen LogP contribution in [0, 0.1) is 6.92 Å². The fourth-order valence-electron chi connectivity index (χ4n) is 1.65. The van der Waals surface area contributed by atoms with Gasteiger partial charge >= 0.3 is 0 Å². The van der Waals surface area contributed by atoms with Gasteiger partial charge in [0, 0.05) is 13.1 Å². The Morgan fingerprint density at radius 1 is 1.28 bits per heavy atom. The van der Waals surface area contributed by atoms with Crippen molar-refractivity contribution in [1.82, 2.24) is 4.98 Å². The first kappa shape index (κ1) is 12.3. The van der Waals surface area contributed by atoms with E-state index in [1.807, 2.05) is 43.3 Å². The largest absolute Gasteiger partial charge is 0.486 e. The number of hydrogen-bond donors (Lipinski definition) is 0. The van der Waals surface area contributed by atoms with E-state index in [1.54, 1.807) is 6.20 Å². The minimum atomic E-state index is -0.0851. The summed E-state index contributed by atoms with van der Waals surface area (Å²) in [4.78, 5) is 15.6. The van der Waals surface area contributed by atoms with Crippen LogP contribution in [0.5, 0.6) is 5.75 Å². The molecule has 0 bridgehead atoms.